The Hall–Kier alpha value is -2.26. The number of aliphatic hydroxyl groups excluding tert-OH is 4. The third-order valence-electron chi connectivity index (χ3n) is 5.59. The van der Waals surface area contributed by atoms with E-state index in [2.05, 4.69) is 9.99 Å². The molecule has 4 N–H and O–H groups in total. The highest BCUT2D eigenvalue weighted by Gasteiger charge is 2.44. The summed E-state index contributed by atoms with van der Waals surface area (Å²) in [6.07, 6.45) is -2.01. The normalized spacial score (nSPS) is 26.5. The lowest BCUT2D eigenvalue weighted by molar-refractivity contribution is -0.231. The number of hydrogen-bond donors (Lipinski definition) is 4. The molecule has 0 aliphatic carbocycles. The molecule has 0 spiro atoms. The number of benzene rings is 2. The molecule has 7 nitrogen and oxygen atoms in total. The Balaban J connectivity index is 1.79. The van der Waals surface area contributed by atoms with Crippen LogP contribution in [-0.4, -0.2) is 64.8 Å². The van der Waals surface area contributed by atoms with Crippen molar-refractivity contribution in [2.45, 2.75) is 43.9 Å². The smallest absolute Gasteiger partial charge is 0.113 e. The molecule has 0 radical (unpaired) electrons. The highest BCUT2D eigenvalue weighted by atomic mass is 35.5. The van der Waals surface area contributed by atoms with Gasteiger partial charge in [0.2, 0.25) is 0 Å². The molecule has 3 rings (SSSR count). The van der Waals surface area contributed by atoms with Crippen LogP contribution in [0.1, 0.15) is 35.3 Å². The minimum atomic E-state index is -1.43. The van der Waals surface area contributed by atoms with Crippen molar-refractivity contribution in [2.75, 3.05) is 13.7 Å². The summed E-state index contributed by atoms with van der Waals surface area (Å²) in [6.45, 7) is 1.51. The lowest BCUT2D eigenvalue weighted by Crippen LogP contribution is -2.55. The van der Waals surface area contributed by atoms with Crippen LogP contribution < -0.4 is 0 Å². The van der Waals surface area contributed by atoms with Crippen molar-refractivity contribution in [3.63, 3.8) is 0 Å². The van der Waals surface area contributed by atoms with E-state index in [4.69, 9.17) is 16.3 Å². The SMILES string of the molecule is CON=CC=C(C)c1ccc(Cc2cc(C3OC(CO)C(O)C(O)C3O)ccc2Cl)cc1. The number of nitrogens with zero attached hydrogens (tertiary/aromatic N) is 1. The molecule has 0 saturated carbocycles. The standard InChI is InChI=1S/C24H28ClNO6/c1-14(9-10-26-31-2)16-5-3-15(4-6-16)11-18-12-17(7-8-19(18)25)24-23(30)22(29)21(28)20(13-27)32-24/h3-10,12,20-24,27-30H,11,13H2,1-2H3. The molecule has 1 aliphatic heterocycles. The molecule has 1 heterocycles. The van der Waals surface area contributed by atoms with Gasteiger partial charge in [0.1, 0.15) is 37.6 Å². The highest BCUT2D eigenvalue weighted by molar-refractivity contribution is 6.31. The number of hydrogen-bond acceptors (Lipinski definition) is 7. The monoisotopic (exact) mass is 461 g/mol. The Morgan fingerprint density at radius 3 is 2.47 bits per heavy atom. The Bertz CT molecular complexity index is 959. The molecule has 1 aliphatic rings. The predicted octanol–water partition coefficient (Wildman–Crippen LogP) is 2.48. The van der Waals surface area contributed by atoms with Gasteiger partial charge in [0.15, 0.2) is 0 Å². The van der Waals surface area contributed by atoms with E-state index >= 15 is 0 Å². The van der Waals surface area contributed by atoms with E-state index in [1.807, 2.05) is 43.3 Å². The van der Waals surface area contributed by atoms with Crippen LogP contribution in [-0.2, 0) is 16.0 Å². The first-order chi connectivity index (χ1) is 15.3. The fourth-order valence-corrected chi connectivity index (χ4v) is 3.87. The first kappa shape index (κ1) is 24.4. The molecule has 1 saturated heterocycles. The van der Waals surface area contributed by atoms with Gasteiger partial charge in [0.05, 0.1) is 12.8 Å². The third kappa shape index (κ3) is 5.56. The largest absolute Gasteiger partial charge is 0.399 e. The van der Waals surface area contributed by atoms with Crippen molar-refractivity contribution >= 4 is 23.4 Å². The van der Waals surface area contributed by atoms with Crippen LogP contribution in [0.25, 0.3) is 5.57 Å². The number of oxime groups is 1. The van der Waals surface area contributed by atoms with Crippen molar-refractivity contribution in [1.82, 2.24) is 0 Å². The molecule has 1 fully saturated rings. The van der Waals surface area contributed by atoms with Crippen molar-refractivity contribution in [2.24, 2.45) is 5.16 Å². The van der Waals surface area contributed by atoms with Gasteiger partial charge in [-0.3, -0.25) is 0 Å². The number of ether oxygens (including phenoxy) is 1. The van der Waals surface area contributed by atoms with Gasteiger partial charge in [-0.05, 0) is 53.3 Å². The van der Waals surface area contributed by atoms with E-state index in [0.717, 1.165) is 22.3 Å². The molecule has 172 valence electrons. The molecule has 32 heavy (non-hydrogen) atoms. The van der Waals surface area contributed by atoms with Gasteiger partial charge in [0, 0.05) is 5.02 Å². The van der Waals surface area contributed by atoms with Crippen LogP contribution in [0, 0.1) is 0 Å². The molecule has 2 aromatic rings. The summed E-state index contributed by atoms with van der Waals surface area (Å²) in [4.78, 5) is 4.66. The second-order valence-electron chi connectivity index (χ2n) is 7.76. The van der Waals surface area contributed by atoms with Crippen LogP contribution >= 0.6 is 11.6 Å². The number of halogens is 1. The van der Waals surface area contributed by atoms with E-state index in [1.54, 1.807) is 18.3 Å². The van der Waals surface area contributed by atoms with E-state index < -0.39 is 37.1 Å². The zero-order chi connectivity index (χ0) is 23.3. The van der Waals surface area contributed by atoms with Crippen LogP contribution in [0.15, 0.2) is 53.7 Å². The second-order valence-corrected chi connectivity index (χ2v) is 8.17. The van der Waals surface area contributed by atoms with Crippen molar-refractivity contribution in [3.8, 4) is 0 Å². The average Bonchev–Trinajstić information content (AvgIpc) is 2.80. The van der Waals surface area contributed by atoms with Crippen LogP contribution in [0.5, 0.6) is 0 Å². The minimum Gasteiger partial charge on any atom is -0.399 e. The maximum atomic E-state index is 10.4. The first-order valence-electron chi connectivity index (χ1n) is 10.3. The zero-order valence-corrected chi connectivity index (χ0v) is 18.7. The maximum absolute atomic E-state index is 10.4. The van der Waals surface area contributed by atoms with Gasteiger partial charge >= 0.3 is 0 Å². The van der Waals surface area contributed by atoms with E-state index in [9.17, 15) is 20.4 Å². The summed E-state index contributed by atoms with van der Waals surface area (Å²) in [5.74, 6) is 0. The molecule has 0 aromatic heterocycles. The number of aliphatic hydroxyl groups is 4. The summed E-state index contributed by atoms with van der Waals surface area (Å²) >= 11 is 6.41. The number of allylic oxidation sites excluding steroid dienone is 2. The summed E-state index contributed by atoms with van der Waals surface area (Å²) in [6, 6.07) is 13.3. The average molecular weight is 462 g/mol. The highest BCUT2D eigenvalue weighted by Crippen LogP contribution is 2.34. The van der Waals surface area contributed by atoms with Crippen molar-refractivity contribution < 1.29 is 30.0 Å². The molecule has 0 bridgehead atoms. The fraction of sp³-hybridized carbons (Fsp3) is 0.375. The van der Waals surface area contributed by atoms with Gasteiger partial charge in [-0.2, -0.15) is 0 Å². The van der Waals surface area contributed by atoms with Gasteiger partial charge in [-0.1, -0.05) is 53.2 Å². The topological polar surface area (TPSA) is 112 Å². The second kappa shape index (κ2) is 11.0. The summed E-state index contributed by atoms with van der Waals surface area (Å²) < 4.78 is 5.67. The van der Waals surface area contributed by atoms with E-state index in [-0.39, 0.29) is 0 Å². The van der Waals surface area contributed by atoms with Gasteiger partial charge in [-0.15, -0.1) is 0 Å². The molecule has 5 unspecified atom stereocenters. The zero-order valence-electron chi connectivity index (χ0n) is 17.9. The quantitative estimate of drug-likeness (QED) is 0.372. The molecule has 0 amide bonds. The summed E-state index contributed by atoms with van der Waals surface area (Å²) in [5.41, 5.74) is 4.57. The first-order valence-corrected chi connectivity index (χ1v) is 10.6. The molecule has 2 aromatic carbocycles. The third-order valence-corrected chi connectivity index (χ3v) is 5.95. The number of rotatable bonds is 7. The Morgan fingerprint density at radius 1 is 1.09 bits per heavy atom. The Morgan fingerprint density at radius 2 is 1.81 bits per heavy atom. The van der Waals surface area contributed by atoms with Gasteiger partial charge in [0.25, 0.3) is 0 Å². The predicted molar refractivity (Wildman–Crippen MR) is 123 cm³/mol. The van der Waals surface area contributed by atoms with Crippen LogP contribution in [0.3, 0.4) is 0 Å². The summed E-state index contributed by atoms with van der Waals surface area (Å²) in [5, 5.41) is 44.2. The Kier molecular flexibility index (Phi) is 8.42. The van der Waals surface area contributed by atoms with Crippen LogP contribution in [0.2, 0.25) is 5.02 Å². The lowest BCUT2D eigenvalue weighted by atomic mass is 9.90. The van der Waals surface area contributed by atoms with E-state index in [0.29, 0.717) is 17.0 Å². The Labute approximate surface area is 192 Å². The maximum Gasteiger partial charge on any atom is 0.113 e. The molecule has 5 atom stereocenters. The van der Waals surface area contributed by atoms with E-state index in [1.165, 1.54) is 7.11 Å². The van der Waals surface area contributed by atoms with Gasteiger partial charge in [-0.25, -0.2) is 0 Å². The lowest BCUT2D eigenvalue weighted by Gasteiger charge is -2.40. The molecule has 8 heteroatoms. The molecular formula is C24H28ClNO6. The van der Waals surface area contributed by atoms with Crippen molar-refractivity contribution in [3.05, 3.63) is 75.8 Å². The minimum absolute atomic E-state index is 0.473. The summed E-state index contributed by atoms with van der Waals surface area (Å²) in [7, 11) is 1.49. The molecular weight excluding hydrogens is 434 g/mol. The van der Waals surface area contributed by atoms with Crippen molar-refractivity contribution in [1.29, 1.82) is 0 Å². The fourth-order valence-electron chi connectivity index (χ4n) is 3.69. The van der Waals surface area contributed by atoms with Gasteiger partial charge < -0.3 is 30.0 Å². The van der Waals surface area contributed by atoms with Crippen LogP contribution in [0.4, 0.5) is 0 Å².